The fourth-order valence-electron chi connectivity index (χ4n) is 5.12. The molecule has 0 spiro atoms. The topological polar surface area (TPSA) is 106 Å². The van der Waals surface area contributed by atoms with E-state index in [1.54, 1.807) is 17.1 Å². The summed E-state index contributed by atoms with van der Waals surface area (Å²) >= 11 is 4.82. The lowest BCUT2D eigenvalue weighted by Gasteiger charge is -2.22. The number of hydrogen-bond donors (Lipinski definition) is 1. The molecule has 228 valence electrons. The number of nitrogens with zero attached hydrogens (tertiary/aromatic N) is 5. The van der Waals surface area contributed by atoms with Crippen molar-refractivity contribution < 1.29 is 14.0 Å². The maximum Gasteiger partial charge on any atom is 0.287 e. The highest BCUT2D eigenvalue weighted by Gasteiger charge is 2.33. The lowest BCUT2D eigenvalue weighted by molar-refractivity contribution is -0.130. The van der Waals surface area contributed by atoms with Gasteiger partial charge in [0.25, 0.3) is 11.8 Å². The van der Waals surface area contributed by atoms with Gasteiger partial charge in [-0.3, -0.25) is 9.59 Å². The average Bonchev–Trinajstić information content (AvgIpc) is 3.84. The van der Waals surface area contributed by atoms with Crippen LogP contribution in [0.15, 0.2) is 116 Å². The van der Waals surface area contributed by atoms with Crippen LogP contribution in [0.2, 0.25) is 0 Å². The molecule has 0 fully saturated rings. The van der Waals surface area contributed by atoms with E-state index in [9.17, 15) is 9.59 Å². The van der Waals surface area contributed by atoms with Gasteiger partial charge < -0.3 is 14.3 Å². The van der Waals surface area contributed by atoms with Gasteiger partial charge in [-0.05, 0) is 54.3 Å². The van der Waals surface area contributed by atoms with Crippen LogP contribution in [0.5, 0.6) is 0 Å². The van der Waals surface area contributed by atoms with Gasteiger partial charge in [0.1, 0.15) is 0 Å². The summed E-state index contributed by atoms with van der Waals surface area (Å²) < 4.78 is 8.16. The number of nitrogens with one attached hydrogen (secondary N) is 1. The Labute approximate surface area is 273 Å². The minimum Gasteiger partial charge on any atom is -0.459 e. The first-order valence-corrected chi connectivity index (χ1v) is 16.3. The molecular weight excluding hydrogens is 652 g/mol. The SMILES string of the molecule is Cc1ccc([C@@H]2CC(c3ccc(Br)cc3)=NN2C(=O)CSc2nnc(CNC(=O)c3ccco3)n2CCc2ccccc2)cc1. The van der Waals surface area contributed by atoms with Crippen molar-refractivity contribution in [3.05, 3.63) is 136 Å². The van der Waals surface area contributed by atoms with Crippen molar-refractivity contribution in [3.8, 4) is 0 Å². The summed E-state index contributed by atoms with van der Waals surface area (Å²) in [4.78, 5) is 26.3. The number of furan rings is 1. The van der Waals surface area contributed by atoms with Crippen LogP contribution in [0.4, 0.5) is 0 Å². The Bertz CT molecular complexity index is 1790. The third-order valence-electron chi connectivity index (χ3n) is 7.54. The summed E-state index contributed by atoms with van der Waals surface area (Å²) in [6.45, 7) is 2.80. The molecule has 1 aliphatic rings. The molecular formula is C34H31BrN6O3S. The summed E-state index contributed by atoms with van der Waals surface area (Å²) in [5, 5.41) is 18.7. The Hall–Kier alpha value is -4.48. The van der Waals surface area contributed by atoms with Gasteiger partial charge in [0.15, 0.2) is 16.7 Å². The third-order valence-corrected chi connectivity index (χ3v) is 9.02. The van der Waals surface area contributed by atoms with E-state index in [4.69, 9.17) is 9.52 Å². The molecule has 9 nitrogen and oxygen atoms in total. The predicted molar refractivity (Wildman–Crippen MR) is 177 cm³/mol. The fourth-order valence-corrected chi connectivity index (χ4v) is 6.22. The van der Waals surface area contributed by atoms with Gasteiger partial charge in [-0.1, -0.05) is 100.0 Å². The Balaban J connectivity index is 1.21. The van der Waals surface area contributed by atoms with Crippen LogP contribution in [-0.2, 0) is 24.3 Å². The molecule has 2 amide bonds. The molecule has 6 rings (SSSR count). The first-order chi connectivity index (χ1) is 21.9. The van der Waals surface area contributed by atoms with E-state index in [1.807, 2.05) is 54.0 Å². The summed E-state index contributed by atoms with van der Waals surface area (Å²) in [5.41, 5.74) is 5.21. The van der Waals surface area contributed by atoms with Crippen molar-refractivity contribution in [1.82, 2.24) is 25.1 Å². The zero-order valence-electron chi connectivity index (χ0n) is 24.6. The van der Waals surface area contributed by atoms with Crippen LogP contribution in [0.25, 0.3) is 0 Å². The van der Waals surface area contributed by atoms with Gasteiger partial charge in [-0.2, -0.15) is 5.10 Å². The molecule has 2 aromatic heterocycles. The molecule has 3 heterocycles. The lowest BCUT2D eigenvalue weighted by atomic mass is 9.98. The van der Waals surface area contributed by atoms with E-state index >= 15 is 0 Å². The second-order valence-electron chi connectivity index (χ2n) is 10.7. The molecule has 0 bridgehead atoms. The highest BCUT2D eigenvalue weighted by atomic mass is 79.9. The second-order valence-corrected chi connectivity index (χ2v) is 12.5. The molecule has 0 saturated heterocycles. The van der Waals surface area contributed by atoms with Crippen molar-refractivity contribution in [2.45, 2.75) is 44.1 Å². The number of benzene rings is 3. The smallest absolute Gasteiger partial charge is 0.287 e. The molecule has 1 atom stereocenters. The van der Waals surface area contributed by atoms with E-state index in [2.05, 4.69) is 67.8 Å². The van der Waals surface area contributed by atoms with Crippen molar-refractivity contribution >= 4 is 45.2 Å². The summed E-state index contributed by atoms with van der Waals surface area (Å²) in [5.74, 6) is 0.486. The normalized spacial score (nSPS) is 14.4. The molecule has 5 aromatic rings. The molecule has 11 heteroatoms. The number of carbonyl (C=O) groups is 2. The van der Waals surface area contributed by atoms with Crippen molar-refractivity contribution in [1.29, 1.82) is 0 Å². The highest BCUT2D eigenvalue weighted by molar-refractivity contribution is 9.10. The van der Waals surface area contributed by atoms with Gasteiger partial charge >= 0.3 is 0 Å². The van der Waals surface area contributed by atoms with Crippen molar-refractivity contribution in [3.63, 3.8) is 0 Å². The number of hydrogen-bond acceptors (Lipinski definition) is 7. The number of aryl methyl sites for hydroxylation is 2. The molecule has 45 heavy (non-hydrogen) atoms. The van der Waals surface area contributed by atoms with E-state index in [1.165, 1.54) is 18.0 Å². The summed E-state index contributed by atoms with van der Waals surface area (Å²) in [7, 11) is 0. The van der Waals surface area contributed by atoms with Gasteiger partial charge in [0, 0.05) is 17.4 Å². The first kappa shape index (κ1) is 30.5. The lowest BCUT2D eigenvalue weighted by Crippen LogP contribution is -2.28. The Morgan fingerprint density at radius 2 is 1.76 bits per heavy atom. The van der Waals surface area contributed by atoms with Crippen LogP contribution in [0, 0.1) is 6.92 Å². The molecule has 0 unspecified atom stereocenters. The van der Waals surface area contributed by atoms with E-state index in [0.29, 0.717) is 23.9 Å². The van der Waals surface area contributed by atoms with Crippen LogP contribution in [0.1, 0.15) is 51.1 Å². The molecule has 0 saturated carbocycles. The zero-order valence-corrected chi connectivity index (χ0v) is 27.0. The number of thioether (sulfide) groups is 1. The Kier molecular flexibility index (Phi) is 9.56. The van der Waals surface area contributed by atoms with Gasteiger partial charge in [0.05, 0.1) is 30.3 Å². The van der Waals surface area contributed by atoms with Crippen LogP contribution in [-0.4, -0.2) is 43.1 Å². The molecule has 3 aromatic carbocycles. The molecule has 1 N–H and O–H groups in total. The zero-order chi connectivity index (χ0) is 31.2. The largest absolute Gasteiger partial charge is 0.459 e. The second kappa shape index (κ2) is 14.1. The van der Waals surface area contributed by atoms with Gasteiger partial charge in [-0.25, -0.2) is 5.01 Å². The quantitative estimate of drug-likeness (QED) is 0.158. The van der Waals surface area contributed by atoms with E-state index in [-0.39, 0.29) is 35.9 Å². The number of aromatic nitrogens is 3. The van der Waals surface area contributed by atoms with Crippen LogP contribution >= 0.6 is 27.7 Å². The number of amides is 2. The fraction of sp³-hybridized carbons (Fsp3) is 0.206. The Morgan fingerprint density at radius 3 is 2.49 bits per heavy atom. The van der Waals surface area contributed by atoms with Gasteiger partial charge in [-0.15, -0.1) is 10.2 Å². The summed E-state index contributed by atoms with van der Waals surface area (Å²) in [6.07, 6.45) is 2.81. The number of hydrazone groups is 1. The predicted octanol–water partition coefficient (Wildman–Crippen LogP) is 6.58. The Morgan fingerprint density at radius 1 is 0.978 bits per heavy atom. The van der Waals surface area contributed by atoms with Gasteiger partial charge in [0.2, 0.25) is 0 Å². The number of halogens is 1. The monoisotopic (exact) mass is 682 g/mol. The van der Waals surface area contributed by atoms with Crippen molar-refractivity contribution in [2.75, 3.05) is 5.75 Å². The minimum atomic E-state index is -0.336. The molecule has 1 aliphatic heterocycles. The molecule has 0 aliphatic carbocycles. The highest BCUT2D eigenvalue weighted by Crippen LogP contribution is 2.34. The maximum absolute atomic E-state index is 13.8. The molecule has 0 radical (unpaired) electrons. The summed E-state index contributed by atoms with van der Waals surface area (Å²) in [6, 6.07) is 29.4. The maximum atomic E-state index is 13.8. The third kappa shape index (κ3) is 7.43. The standard InChI is InChI=1S/C34H31BrN6O3S/c1-23-9-11-26(12-10-23)29-20-28(25-13-15-27(35)16-14-25)39-41(29)32(42)22-45-34-38-37-31(21-36-33(43)30-8-5-19-44-30)40(34)18-17-24-6-3-2-4-7-24/h2-16,19,29H,17-18,20-22H2,1H3,(H,36,43)/t29-/m0/s1. The number of carbonyl (C=O) groups excluding carboxylic acids is 2. The minimum absolute atomic E-state index is 0.122. The van der Waals surface area contributed by atoms with Crippen LogP contribution in [0.3, 0.4) is 0 Å². The average molecular weight is 684 g/mol. The van der Waals surface area contributed by atoms with E-state index < -0.39 is 0 Å². The van der Waals surface area contributed by atoms with Crippen molar-refractivity contribution in [2.24, 2.45) is 5.10 Å². The number of rotatable bonds is 11. The van der Waals surface area contributed by atoms with Crippen LogP contribution < -0.4 is 5.32 Å². The van der Waals surface area contributed by atoms with E-state index in [0.717, 1.165) is 38.9 Å². The first-order valence-electron chi connectivity index (χ1n) is 14.6.